The van der Waals surface area contributed by atoms with Crippen molar-refractivity contribution in [3.8, 4) is 5.75 Å². The van der Waals surface area contributed by atoms with E-state index in [9.17, 15) is 18.0 Å². The summed E-state index contributed by atoms with van der Waals surface area (Å²) in [7, 11) is -4.10. The highest BCUT2D eigenvalue weighted by atomic mass is 35.5. The van der Waals surface area contributed by atoms with Gasteiger partial charge in [-0.05, 0) is 61.4 Å². The van der Waals surface area contributed by atoms with Crippen molar-refractivity contribution in [2.75, 3.05) is 19.7 Å². The number of primary amides is 1. The lowest BCUT2D eigenvalue weighted by Gasteiger charge is -2.44. The molecule has 3 N–H and O–H groups in total. The number of ether oxygens (including phenoxy) is 1. The highest BCUT2D eigenvalue weighted by molar-refractivity contribution is 7.89. The molecule has 1 saturated heterocycles. The molecule has 2 amide bonds. The average molecular weight is 599 g/mol. The first kappa shape index (κ1) is 29.3. The second-order valence-corrected chi connectivity index (χ2v) is 13.9. The number of benzene rings is 3. The number of carbonyl (C=O) groups excluding carboxylic acids is 2. The van der Waals surface area contributed by atoms with Gasteiger partial charge in [0.2, 0.25) is 21.8 Å². The maximum absolute atomic E-state index is 14.0. The Balaban J connectivity index is 1.45. The number of nitrogens with one attached hydrogen (secondary N) is 1. The minimum Gasteiger partial charge on any atom is -0.493 e. The van der Waals surface area contributed by atoms with Crippen LogP contribution in [0.1, 0.15) is 50.8 Å². The van der Waals surface area contributed by atoms with Gasteiger partial charge in [-0.2, -0.15) is 4.31 Å². The van der Waals surface area contributed by atoms with E-state index in [0.717, 1.165) is 26.2 Å². The lowest BCUT2D eigenvalue weighted by molar-refractivity contribution is -0.144. The average Bonchev–Trinajstić information content (AvgIpc) is 2.91. The van der Waals surface area contributed by atoms with E-state index in [1.807, 2.05) is 36.4 Å². The van der Waals surface area contributed by atoms with E-state index in [1.54, 1.807) is 17.0 Å². The van der Waals surface area contributed by atoms with E-state index in [0.29, 0.717) is 30.3 Å². The summed E-state index contributed by atoms with van der Waals surface area (Å²) in [5, 5.41) is 5.63. The number of nitrogens with two attached hydrogens (primary N) is 1. The predicted molar refractivity (Wildman–Crippen MR) is 158 cm³/mol. The van der Waals surface area contributed by atoms with Crippen molar-refractivity contribution in [2.45, 2.75) is 62.7 Å². The first-order chi connectivity index (χ1) is 19.3. The molecule has 2 atom stereocenters. The van der Waals surface area contributed by atoms with E-state index in [-0.39, 0.29) is 29.6 Å². The number of fused-ring (bicyclic) bond motifs is 2. The molecular formula is C30H35ClN4O5S. The highest BCUT2D eigenvalue weighted by Crippen LogP contribution is 2.41. The Morgan fingerprint density at radius 3 is 2.54 bits per heavy atom. The third-order valence-electron chi connectivity index (χ3n) is 7.57. The lowest BCUT2D eigenvalue weighted by Crippen LogP contribution is -2.60. The second kappa shape index (κ2) is 11.2. The molecular weight excluding hydrogens is 564 g/mol. The van der Waals surface area contributed by atoms with Gasteiger partial charge in [0.25, 0.3) is 0 Å². The number of hydrogen-bond acceptors (Lipinski definition) is 6. The van der Waals surface area contributed by atoms with Crippen LogP contribution in [0.25, 0.3) is 10.8 Å². The zero-order valence-electron chi connectivity index (χ0n) is 23.4. The van der Waals surface area contributed by atoms with E-state index < -0.39 is 34.3 Å². The molecule has 1 fully saturated rings. The summed E-state index contributed by atoms with van der Waals surface area (Å²) in [6.45, 7) is 7.31. The van der Waals surface area contributed by atoms with Crippen LogP contribution in [-0.2, 0) is 26.2 Å². The van der Waals surface area contributed by atoms with E-state index in [4.69, 9.17) is 22.1 Å². The molecule has 2 aliphatic rings. The minimum atomic E-state index is -4.10. The summed E-state index contributed by atoms with van der Waals surface area (Å²) in [6, 6.07) is 14.4. The first-order valence-electron chi connectivity index (χ1n) is 13.6. The summed E-state index contributed by atoms with van der Waals surface area (Å²) in [4.78, 5) is 27.7. The monoisotopic (exact) mass is 598 g/mol. The smallest absolute Gasteiger partial charge is 0.243 e. The van der Waals surface area contributed by atoms with Gasteiger partial charge in [-0.15, -0.1) is 0 Å². The normalized spacial score (nSPS) is 20.1. The van der Waals surface area contributed by atoms with Crippen LogP contribution in [0.5, 0.6) is 5.75 Å². The highest BCUT2D eigenvalue weighted by Gasteiger charge is 2.45. The molecule has 2 aliphatic heterocycles. The van der Waals surface area contributed by atoms with Crippen molar-refractivity contribution in [1.82, 2.24) is 14.5 Å². The summed E-state index contributed by atoms with van der Waals surface area (Å²) < 4.78 is 34.7. The molecule has 9 nitrogen and oxygen atoms in total. The molecule has 0 radical (unpaired) electrons. The van der Waals surface area contributed by atoms with Crippen molar-refractivity contribution >= 4 is 44.2 Å². The van der Waals surface area contributed by atoms with E-state index in [2.05, 4.69) is 26.1 Å². The van der Waals surface area contributed by atoms with Crippen molar-refractivity contribution in [3.05, 3.63) is 70.7 Å². The maximum Gasteiger partial charge on any atom is 0.243 e. The van der Waals surface area contributed by atoms with Crippen LogP contribution in [0, 0.1) is 0 Å². The van der Waals surface area contributed by atoms with Gasteiger partial charge >= 0.3 is 0 Å². The van der Waals surface area contributed by atoms with Crippen LogP contribution in [0.4, 0.5) is 0 Å². The Morgan fingerprint density at radius 2 is 1.83 bits per heavy atom. The molecule has 0 spiro atoms. The number of hydrogen-bond donors (Lipinski definition) is 2. The first-order valence-corrected chi connectivity index (χ1v) is 15.5. The number of halogens is 1. The van der Waals surface area contributed by atoms with Gasteiger partial charge < -0.3 is 20.7 Å². The van der Waals surface area contributed by atoms with E-state index >= 15 is 0 Å². The van der Waals surface area contributed by atoms with Gasteiger partial charge in [-0.1, -0.05) is 41.9 Å². The second-order valence-electron chi connectivity index (χ2n) is 11.6. The van der Waals surface area contributed by atoms with Crippen molar-refractivity contribution in [2.24, 2.45) is 5.73 Å². The van der Waals surface area contributed by atoms with Gasteiger partial charge in [-0.25, -0.2) is 8.42 Å². The summed E-state index contributed by atoms with van der Waals surface area (Å²) in [5.41, 5.74) is 7.07. The zero-order chi connectivity index (χ0) is 29.5. The van der Waals surface area contributed by atoms with E-state index in [1.165, 1.54) is 6.07 Å². The molecule has 3 aromatic carbocycles. The fourth-order valence-corrected chi connectivity index (χ4v) is 7.33. The molecule has 2 heterocycles. The van der Waals surface area contributed by atoms with Gasteiger partial charge in [0.15, 0.2) is 0 Å². The van der Waals surface area contributed by atoms with Gasteiger partial charge in [0.1, 0.15) is 11.8 Å². The number of piperazine rings is 1. The Labute approximate surface area is 245 Å². The van der Waals surface area contributed by atoms with Crippen LogP contribution < -0.4 is 15.8 Å². The minimum absolute atomic E-state index is 0.0207. The quantitative estimate of drug-likeness (QED) is 0.424. The molecule has 0 aliphatic carbocycles. The van der Waals surface area contributed by atoms with Crippen LogP contribution in [0.3, 0.4) is 0 Å². The Hall–Kier alpha value is -3.18. The summed E-state index contributed by atoms with van der Waals surface area (Å²) in [5.74, 6) is -0.580. The zero-order valence-corrected chi connectivity index (χ0v) is 25.0. The molecule has 1 unspecified atom stereocenters. The molecule has 218 valence electrons. The third kappa shape index (κ3) is 6.06. The van der Waals surface area contributed by atoms with Crippen molar-refractivity contribution in [3.63, 3.8) is 0 Å². The SMILES string of the molecule is CC(C)(C)NCc1cc2c(cc1Cl)[C@H](N1CCN(S(=O)(=O)c3ccc4ccccc4c3)C(CC(N)=O)C1=O)CCO2. The number of amides is 2. The molecule has 0 bridgehead atoms. The van der Waals surface area contributed by atoms with Gasteiger partial charge in [-0.3, -0.25) is 9.59 Å². The van der Waals surface area contributed by atoms with Gasteiger partial charge in [0, 0.05) is 42.2 Å². The maximum atomic E-state index is 14.0. The molecule has 41 heavy (non-hydrogen) atoms. The topological polar surface area (TPSA) is 122 Å². The molecule has 0 aromatic heterocycles. The number of nitrogens with zero attached hydrogens (tertiary/aromatic N) is 2. The Bertz CT molecular complexity index is 1600. The predicted octanol–water partition coefficient (Wildman–Crippen LogP) is 3.98. The largest absolute Gasteiger partial charge is 0.493 e. The fraction of sp³-hybridized carbons (Fsp3) is 0.400. The summed E-state index contributed by atoms with van der Waals surface area (Å²) in [6.07, 6.45) is 0.0890. The lowest BCUT2D eigenvalue weighted by atomic mass is 9.95. The van der Waals surface area contributed by atoms with Crippen LogP contribution in [0.2, 0.25) is 5.02 Å². The standard InChI is InChI=1S/C30H35ClN4O5S/c1-30(2,3)33-18-21-15-27-23(16-24(21)31)25(10-13-40-27)34-11-12-35(26(29(34)37)17-28(32)36)41(38,39)22-9-8-19-6-4-5-7-20(19)14-22/h4-9,14-16,25-26,33H,10-13,17-18H2,1-3H3,(H2,32,36)/t25-,26?/m1/s1. The number of rotatable bonds is 7. The number of sulfonamides is 1. The Kier molecular flexibility index (Phi) is 8.04. The Morgan fingerprint density at radius 1 is 1.10 bits per heavy atom. The molecule has 11 heteroatoms. The summed E-state index contributed by atoms with van der Waals surface area (Å²) >= 11 is 6.67. The van der Waals surface area contributed by atoms with Crippen LogP contribution in [0.15, 0.2) is 59.5 Å². The van der Waals surface area contributed by atoms with Crippen LogP contribution in [-0.4, -0.2) is 60.7 Å². The third-order valence-corrected chi connectivity index (χ3v) is 9.83. The van der Waals surface area contributed by atoms with Crippen molar-refractivity contribution in [1.29, 1.82) is 0 Å². The fourth-order valence-electron chi connectivity index (χ4n) is 5.48. The number of carbonyl (C=O) groups is 2. The van der Waals surface area contributed by atoms with Crippen molar-refractivity contribution < 1.29 is 22.7 Å². The molecule has 3 aromatic rings. The molecule has 5 rings (SSSR count). The van der Waals surface area contributed by atoms with Crippen LogP contribution >= 0.6 is 11.6 Å². The van der Waals surface area contributed by atoms with Gasteiger partial charge in [0.05, 0.1) is 24.0 Å². The molecule has 0 saturated carbocycles.